The minimum absolute atomic E-state index is 0.183. The number of ether oxygens (including phenoxy) is 1. The Kier molecular flexibility index (Phi) is 4.60. The van der Waals surface area contributed by atoms with E-state index in [1.165, 1.54) is 0 Å². The zero-order chi connectivity index (χ0) is 15.6. The third-order valence-corrected chi connectivity index (χ3v) is 4.91. The SMILES string of the molecule is COC(=O)c1ccc(F)cc1S(=O)(=O)NC1CCN(C)C1. The summed E-state index contributed by atoms with van der Waals surface area (Å²) in [5.41, 5.74) is -0.183. The first kappa shape index (κ1) is 15.9. The summed E-state index contributed by atoms with van der Waals surface area (Å²) in [4.78, 5) is 13.2. The highest BCUT2D eigenvalue weighted by atomic mass is 32.2. The molecule has 1 heterocycles. The predicted molar refractivity (Wildman–Crippen MR) is 74.0 cm³/mol. The number of benzene rings is 1. The molecule has 1 unspecified atom stereocenters. The molecular weight excluding hydrogens is 299 g/mol. The zero-order valence-electron chi connectivity index (χ0n) is 11.8. The van der Waals surface area contributed by atoms with Crippen LogP contribution in [-0.2, 0) is 14.8 Å². The fourth-order valence-electron chi connectivity index (χ4n) is 2.31. The van der Waals surface area contributed by atoms with Crippen molar-refractivity contribution in [2.24, 2.45) is 0 Å². The van der Waals surface area contributed by atoms with Gasteiger partial charge in [-0.15, -0.1) is 0 Å². The van der Waals surface area contributed by atoms with Crippen molar-refractivity contribution in [3.05, 3.63) is 29.6 Å². The second-order valence-corrected chi connectivity index (χ2v) is 6.68. The molecule has 6 nitrogen and oxygen atoms in total. The first-order valence-electron chi connectivity index (χ1n) is 6.42. The molecule has 0 spiro atoms. The van der Waals surface area contributed by atoms with Crippen molar-refractivity contribution in [3.8, 4) is 0 Å². The predicted octanol–water partition coefficient (Wildman–Crippen LogP) is 0.595. The van der Waals surface area contributed by atoms with Crippen LogP contribution in [0.3, 0.4) is 0 Å². The lowest BCUT2D eigenvalue weighted by Gasteiger charge is -2.15. The van der Waals surface area contributed by atoms with Crippen LogP contribution in [0.25, 0.3) is 0 Å². The molecule has 0 amide bonds. The maximum atomic E-state index is 13.4. The van der Waals surface area contributed by atoms with E-state index in [1.54, 1.807) is 0 Å². The molecule has 1 atom stereocenters. The Balaban J connectivity index is 2.34. The molecule has 1 fully saturated rings. The summed E-state index contributed by atoms with van der Waals surface area (Å²) >= 11 is 0. The highest BCUT2D eigenvalue weighted by molar-refractivity contribution is 7.89. The number of carbonyl (C=O) groups excluding carboxylic acids is 1. The van der Waals surface area contributed by atoms with Gasteiger partial charge in [-0.1, -0.05) is 0 Å². The molecule has 0 aliphatic carbocycles. The Morgan fingerprint density at radius 1 is 1.48 bits per heavy atom. The monoisotopic (exact) mass is 316 g/mol. The van der Waals surface area contributed by atoms with Crippen molar-refractivity contribution in [1.29, 1.82) is 0 Å². The van der Waals surface area contributed by atoms with Gasteiger partial charge in [-0.2, -0.15) is 0 Å². The van der Waals surface area contributed by atoms with Gasteiger partial charge in [-0.25, -0.2) is 22.3 Å². The Bertz CT molecular complexity index is 648. The van der Waals surface area contributed by atoms with Crippen molar-refractivity contribution in [2.75, 3.05) is 27.2 Å². The summed E-state index contributed by atoms with van der Waals surface area (Å²) in [7, 11) is -0.967. The van der Waals surface area contributed by atoms with Gasteiger partial charge in [0.05, 0.1) is 17.6 Å². The van der Waals surface area contributed by atoms with Gasteiger partial charge in [0.2, 0.25) is 10.0 Å². The van der Waals surface area contributed by atoms with Crippen LogP contribution in [0.5, 0.6) is 0 Å². The minimum atomic E-state index is -3.99. The molecule has 1 saturated heterocycles. The Morgan fingerprint density at radius 3 is 2.76 bits per heavy atom. The number of esters is 1. The number of methoxy groups -OCH3 is 1. The van der Waals surface area contributed by atoms with Gasteiger partial charge >= 0.3 is 5.97 Å². The van der Waals surface area contributed by atoms with E-state index in [0.717, 1.165) is 31.9 Å². The highest BCUT2D eigenvalue weighted by Gasteiger charge is 2.29. The number of hydrogen-bond acceptors (Lipinski definition) is 5. The largest absolute Gasteiger partial charge is 0.465 e. The van der Waals surface area contributed by atoms with Crippen LogP contribution >= 0.6 is 0 Å². The summed E-state index contributed by atoms with van der Waals surface area (Å²) in [6.45, 7) is 1.35. The number of rotatable bonds is 4. The molecule has 2 rings (SSSR count). The standard InChI is InChI=1S/C13H17FN2O4S/c1-16-6-5-10(8-16)15-21(18,19)12-7-9(14)3-4-11(12)13(17)20-2/h3-4,7,10,15H,5-6,8H2,1-2H3. The zero-order valence-corrected chi connectivity index (χ0v) is 12.6. The lowest BCUT2D eigenvalue weighted by atomic mass is 10.2. The molecule has 21 heavy (non-hydrogen) atoms. The average molecular weight is 316 g/mol. The maximum Gasteiger partial charge on any atom is 0.339 e. The summed E-state index contributed by atoms with van der Waals surface area (Å²) in [6, 6.07) is 2.70. The number of hydrogen-bond donors (Lipinski definition) is 1. The fourth-order valence-corrected chi connectivity index (χ4v) is 3.78. The van der Waals surface area contributed by atoms with E-state index < -0.39 is 26.7 Å². The molecule has 116 valence electrons. The smallest absolute Gasteiger partial charge is 0.339 e. The van der Waals surface area contributed by atoms with E-state index in [-0.39, 0.29) is 11.6 Å². The topological polar surface area (TPSA) is 75.7 Å². The third kappa shape index (κ3) is 3.58. The average Bonchev–Trinajstić information content (AvgIpc) is 2.82. The Labute approximate surface area is 122 Å². The van der Waals surface area contributed by atoms with Crippen molar-refractivity contribution in [3.63, 3.8) is 0 Å². The number of halogens is 1. The van der Waals surface area contributed by atoms with Crippen LogP contribution in [0.1, 0.15) is 16.8 Å². The van der Waals surface area contributed by atoms with E-state index in [1.807, 2.05) is 11.9 Å². The molecule has 8 heteroatoms. The molecule has 0 saturated carbocycles. The van der Waals surface area contributed by atoms with Gasteiger partial charge in [0.25, 0.3) is 0 Å². The fraction of sp³-hybridized carbons (Fsp3) is 0.462. The Hall–Kier alpha value is -1.51. The lowest BCUT2D eigenvalue weighted by molar-refractivity contribution is 0.0596. The molecule has 1 aromatic carbocycles. The van der Waals surface area contributed by atoms with E-state index >= 15 is 0 Å². The summed E-state index contributed by atoms with van der Waals surface area (Å²) < 4.78 is 45.2. The van der Waals surface area contributed by atoms with Crippen LogP contribution in [0.2, 0.25) is 0 Å². The number of sulfonamides is 1. The highest BCUT2D eigenvalue weighted by Crippen LogP contribution is 2.20. The van der Waals surface area contributed by atoms with Crippen molar-refractivity contribution in [2.45, 2.75) is 17.4 Å². The summed E-state index contributed by atoms with van der Waals surface area (Å²) in [5, 5.41) is 0. The second kappa shape index (κ2) is 6.08. The molecule has 1 aromatic rings. The molecule has 1 N–H and O–H groups in total. The summed E-state index contributed by atoms with van der Waals surface area (Å²) in [5.74, 6) is -1.55. The quantitative estimate of drug-likeness (QED) is 0.823. The number of nitrogens with zero attached hydrogens (tertiary/aromatic N) is 1. The summed E-state index contributed by atoms with van der Waals surface area (Å²) in [6.07, 6.45) is 0.665. The third-order valence-electron chi connectivity index (χ3n) is 3.35. The van der Waals surface area contributed by atoms with Crippen molar-refractivity contribution >= 4 is 16.0 Å². The normalized spacial score (nSPS) is 19.7. The number of likely N-dealkylation sites (tertiary alicyclic amines) is 1. The van der Waals surface area contributed by atoms with Crippen molar-refractivity contribution in [1.82, 2.24) is 9.62 Å². The Morgan fingerprint density at radius 2 is 2.19 bits per heavy atom. The van der Waals surface area contributed by atoms with E-state index in [9.17, 15) is 17.6 Å². The number of carbonyl (C=O) groups is 1. The van der Waals surface area contributed by atoms with Crippen LogP contribution in [0, 0.1) is 5.82 Å². The lowest BCUT2D eigenvalue weighted by Crippen LogP contribution is -2.37. The minimum Gasteiger partial charge on any atom is -0.465 e. The van der Waals surface area contributed by atoms with Crippen molar-refractivity contribution < 1.29 is 22.3 Å². The molecule has 0 bridgehead atoms. The maximum absolute atomic E-state index is 13.4. The van der Waals surface area contributed by atoms with Crippen LogP contribution < -0.4 is 4.72 Å². The van der Waals surface area contributed by atoms with E-state index in [2.05, 4.69) is 9.46 Å². The molecule has 0 aromatic heterocycles. The van der Waals surface area contributed by atoms with Gasteiger partial charge in [-0.05, 0) is 38.2 Å². The first-order valence-corrected chi connectivity index (χ1v) is 7.90. The van der Waals surface area contributed by atoms with Gasteiger partial charge < -0.3 is 9.64 Å². The number of likely N-dealkylation sites (N-methyl/N-ethyl adjacent to an activating group) is 1. The van der Waals surface area contributed by atoms with Gasteiger partial charge in [0.15, 0.2) is 0 Å². The van der Waals surface area contributed by atoms with Crippen LogP contribution in [0.15, 0.2) is 23.1 Å². The number of nitrogens with one attached hydrogen (secondary N) is 1. The van der Waals surface area contributed by atoms with Gasteiger partial charge in [0.1, 0.15) is 5.82 Å². The molecular formula is C13H17FN2O4S. The van der Waals surface area contributed by atoms with Gasteiger partial charge in [-0.3, -0.25) is 0 Å². The van der Waals surface area contributed by atoms with Crippen LogP contribution in [-0.4, -0.2) is 52.6 Å². The van der Waals surface area contributed by atoms with Crippen LogP contribution in [0.4, 0.5) is 4.39 Å². The van der Waals surface area contributed by atoms with E-state index in [0.29, 0.717) is 13.0 Å². The van der Waals surface area contributed by atoms with E-state index in [4.69, 9.17) is 0 Å². The molecule has 0 radical (unpaired) electrons. The molecule has 1 aliphatic heterocycles. The second-order valence-electron chi connectivity index (χ2n) is 5.00. The van der Waals surface area contributed by atoms with Gasteiger partial charge in [0, 0.05) is 12.6 Å². The molecule has 1 aliphatic rings. The first-order chi connectivity index (χ1) is 9.83.